The molecule has 1 aromatic carbocycles. The van der Waals surface area contributed by atoms with Crippen LogP contribution in [0.15, 0.2) is 30.6 Å². The SMILES string of the molecule is Cc1nc(CNC(=O)CNc2ncnc3ccccc23)sc1C. The van der Waals surface area contributed by atoms with Crippen LogP contribution < -0.4 is 10.6 Å². The molecule has 0 atom stereocenters. The molecule has 3 rings (SSSR count). The molecule has 118 valence electrons. The zero-order valence-electron chi connectivity index (χ0n) is 13.0. The lowest BCUT2D eigenvalue weighted by Crippen LogP contribution is -2.29. The van der Waals surface area contributed by atoms with Crippen LogP contribution in [0, 0.1) is 13.8 Å². The van der Waals surface area contributed by atoms with E-state index in [1.807, 2.05) is 38.1 Å². The van der Waals surface area contributed by atoms with Gasteiger partial charge in [0.25, 0.3) is 0 Å². The average molecular weight is 327 g/mol. The number of hydrogen-bond donors (Lipinski definition) is 2. The van der Waals surface area contributed by atoms with Crippen molar-refractivity contribution >= 4 is 34.0 Å². The maximum absolute atomic E-state index is 12.0. The number of aryl methyl sites for hydroxylation is 2. The van der Waals surface area contributed by atoms with Crippen LogP contribution in [-0.2, 0) is 11.3 Å². The number of carbonyl (C=O) groups excluding carboxylic acids is 1. The van der Waals surface area contributed by atoms with Crippen molar-refractivity contribution in [1.82, 2.24) is 20.3 Å². The van der Waals surface area contributed by atoms with E-state index in [1.54, 1.807) is 11.3 Å². The van der Waals surface area contributed by atoms with E-state index < -0.39 is 0 Å². The van der Waals surface area contributed by atoms with Crippen molar-refractivity contribution in [3.8, 4) is 0 Å². The van der Waals surface area contributed by atoms with Gasteiger partial charge in [-0.25, -0.2) is 15.0 Å². The minimum absolute atomic E-state index is 0.0989. The molecule has 0 saturated carbocycles. The summed E-state index contributed by atoms with van der Waals surface area (Å²) in [4.78, 5) is 26.0. The largest absolute Gasteiger partial charge is 0.360 e. The third-order valence-corrected chi connectivity index (χ3v) is 4.54. The van der Waals surface area contributed by atoms with E-state index in [0.29, 0.717) is 12.4 Å². The number of para-hydroxylation sites is 1. The number of amides is 1. The van der Waals surface area contributed by atoms with Gasteiger partial charge in [-0.3, -0.25) is 4.79 Å². The second kappa shape index (κ2) is 6.70. The maximum Gasteiger partial charge on any atom is 0.239 e. The molecule has 0 fully saturated rings. The summed E-state index contributed by atoms with van der Waals surface area (Å²) in [7, 11) is 0. The molecule has 2 aromatic heterocycles. The van der Waals surface area contributed by atoms with Crippen LogP contribution in [0.3, 0.4) is 0 Å². The number of rotatable bonds is 5. The minimum Gasteiger partial charge on any atom is -0.360 e. The van der Waals surface area contributed by atoms with Crippen molar-refractivity contribution in [3.63, 3.8) is 0 Å². The number of hydrogen-bond acceptors (Lipinski definition) is 6. The number of aromatic nitrogens is 3. The van der Waals surface area contributed by atoms with E-state index in [-0.39, 0.29) is 12.5 Å². The molecule has 0 radical (unpaired) electrons. The van der Waals surface area contributed by atoms with Gasteiger partial charge in [0.2, 0.25) is 5.91 Å². The zero-order chi connectivity index (χ0) is 16.2. The molecule has 6 nitrogen and oxygen atoms in total. The van der Waals surface area contributed by atoms with Crippen molar-refractivity contribution < 1.29 is 4.79 Å². The number of nitrogens with one attached hydrogen (secondary N) is 2. The normalized spacial score (nSPS) is 10.7. The Balaban J connectivity index is 1.58. The smallest absolute Gasteiger partial charge is 0.239 e. The Kier molecular flexibility index (Phi) is 4.47. The number of nitrogens with zero attached hydrogens (tertiary/aromatic N) is 3. The molecular formula is C16H17N5OS. The first-order chi connectivity index (χ1) is 11.1. The molecule has 0 unspecified atom stereocenters. The number of thiazole rings is 1. The molecule has 7 heteroatoms. The Morgan fingerprint density at radius 2 is 2.04 bits per heavy atom. The van der Waals surface area contributed by atoms with Crippen molar-refractivity contribution in [2.45, 2.75) is 20.4 Å². The summed E-state index contributed by atoms with van der Waals surface area (Å²) >= 11 is 1.61. The summed E-state index contributed by atoms with van der Waals surface area (Å²) in [6, 6.07) is 7.68. The minimum atomic E-state index is -0.0989. The highest BCUT2D eigenvalue weighted by molar-refractivity contribution is 7.11. The van der Waals surface area contributed by atoms with Gasteiger partial charge in [-0.05, 0) is 26.0 Å². The predicted molar refractivity (Wildman–Crippen MR) is 91.5 cm³/mol. The van der Waals surface area contributed by atoms with Gasteiger partial charge in [-0.15, -0.1) is 11.3 Å². The fraction of sp³-hybridized carbons (Fsp3) is 0.250. The molecule has 0 aliphatic rings. The first kappa shape index (κ1) is 15.4. The van der Waals surface area contributed by atoms with E-state index in [9.17, 15) is 4.79 Å². The molecule has 0 saturated heterocycles. The van der Waals surface area contributed by atoms with Gasteiger partial charge < -0.3 is 10.6 Å². The van der Waals surface area contributed by atoms with Crippen LogP contribution in [0.5, 0.6) is 0 Å². The highest BCUT2D eigenvalue weighted by Gasteiger charge is 2.08. The first-order valence-electron chi connectivity index (χ1n) is 7.26. The predicted octanol–water partition coefficient (Wildman–Crippen LogP) is 2.43. The first-order valence-corrected chi connectivity index (χ1v) is 8.08. The summed E-state index contributed by atoms with van der Waals surface area (Å²) in [5.41, 5.74) is 1.86. The highest BCUT2D eigenvalue weighted by Crippen LogP contribution is 2.18. The molecule has 0 aliphatic carbocycles. The number of benzene rings is 1. The molecule has 1 amide bonds. The molecule has 0 bridgehead atoms. The lowest BCUT2D eigenvalue weighted by atomic mass is 10.2. The molecule has 0 spiro atoms. The van der Waals surface area contributed by atoms with E-state index >= 15 is 0 Å². The van der Waals surface area contributed by atoms with E-state index in [1.165, 1.54) is 11.2 Å². The average Bonchev–Trinajstić information content (AvgIpc) is 2.89. The fourth-order valence-corrected chi connectivity index (χ4v) is 3.03. The Labute approximate surface area is 138 Å². The third-order valence-electron chi connectivity index (χ3n) is 3.47. The second-order valence-corrected chi connectivity index (χ2v) is 6.41. The van der Waals surface area contributed by atoms with Crippen LogP contribution in [0.1, 0.15) is 15.6 Å². The summed E-state index contributed by atoms with van der Waals surface area (Å²) in [5, 5.41) is 7.74. The lowest BCUT2D eigenvalue weighted by molar-refractivity contribution is -0.119. The quantitative estimate of drug-likeness (QED) is 0.752. The molecule has 2 N–H and O–H groups in total. The van der Waals surface area contributed by atoms with Gasteiger partial charge in [-0.2, -0.15) is 0 Å². The Hall–Kier alpha value is -2.54. The standard InChI is InChI=1S/C16H17N5OS/c1-10-11(2)23-15(21-10)8-17-14(22)7-18-16-12-5-3-4-6-13(12)19-9-20-16/h3-6,9H,7-8H2,1-2H3,(H,17,22)(H,18,19,20). The van der Waals surface area contributed by atoms with E-state index in [2.05, 4.69) is 25.6 Å². The van der Waals surface area contributed by atoms with Gasteiger partial charge in [0.05, 0.1) is 24.3 Å². The molecule has 23 heavy (non-hydrogen) atoms. The Morgan fingerprint density at radius 1 is 1.22 bits per heavy atom. The Bertz CT molecular complexity index is 821. The van der Waals surface area contributed by atoms with Crippen LogP contribution >= 0.6 is 11.3 Å². The van der Waals surface area contributed by atoms with E-state index in [4.69, 9.17) is 0 Å². The number of fused-ring (bicyclic) bond motifs is 1. The van der Waals surface area contributed by atoms with E-state index in [0.717, 1.165) is 21.6 Å². The molecular weight excluding hydrogens is 310 g/mol. The van der Waals surface area contributed by atoms with Crippen LogP contribution in [-0.4, -0.2) is 27.4 Å². The second-order valence-electron chi connectivity index (χ2n) is 5.12. The summed E-state index contributed by atoms with van der Waals surface area (Å²) in [6.07, 6.45) is 1.49. The maximum atomic E-state index is 12.0. The number of anilines is 1. The highest BCUT2D eigenvalue weighted by atomic mass is 32.1. The summed E-state index contributed by atoms with van der Waals surface area (Å²) in [5.74, 6) is 0.560. The fourth-order valence-electron chi connectivity index (χ4n) is 2.16. The third kappa shape index (κ3) is 3.62. The van der Waals surface area contributed by atoms with Gasteiger partial charge in [0.15, 0.2) is 0 Å². The van der Waals surface area contributed by atoms with Crippen LogP contribution in [0.2, 0.25) is 0 Å². The van der Waals surface area contributed by atoms with Crippen molar-refractivity contribution in [2.75, 3.05) is 11.9 Å². The summed E-state index contributed by atoms with van der Waals surface area (Å²) in [6.45, 7) is 4.60. The van der Waals surface area contributed by atoms with Gasteiger partial charge in [0, 0.05) is 10.3 Å². The molecule has 2 heterocycles. The van der Waals surface area contributed by atoms with Crippen LogP contribution in [0.25, 0.3) is 10.9 Å². The van der Waals surface area contributed by atoms with Gasteiger partial charge >= 0.3 is 0 Å². The summed E-state index contributed by atoms with van der Waals surface area (Å²) < 4.78 is 0. The van der Waals surface area contributed by atoms with Crippen molar-refractivity contribution in [1.29, 1.82) is 0 Å². The molecule has 0 aliphatic heterocycles. The van der Waals surface area contributed by atoms with Crippen molar-refractivity contribution in [2.24, 2.45) is 0 Å². The zero-order valence-corrected chi connectivity index (χ0v) is 13.8. The number of carbonyl (C=O) groups is 1. The Morgan fingerprint density at radius 3 is 2.83 bits per heavy atom. The van der Waals surface area contributed by atoms with Crippen molar-refractivity contribution in [3.05, 3.63) is 46.2 Å². The topological polar surface area (TPSA) is 79.8 Å². The lowest BCUT2D eigenvalue weighted by Gasteiger charge is -2.08. The molecule has 3 aromatic rings. The monoisotopic (exact) mass is 327 g/mol. The van der Waals surface area contributed by atoms with Crippen LogP contribution in [0.4, 0.5) is 5.82 Å². The van der Waals surface area contributed by atoms with Gasteiger partial charge in [-0.1, -0.05) is 12.1 Å². The van der Waals surface area contributed by atoms with Gasteiger partial charge in [0.1, 0.15) is 17.2 Å².